The van der Waals surface area contributed by atoms with Gasteiger partial charge in [0.25, 0.3) is 0 Å². The molecule has 1 unspecified atom stereocenters. The maximum atomic E-state index is 5.43. The zero-order chi connectivity index (χ0) is 10.3. The average Bonchev–Trinajstić information content (AvgIpc) is 2.79. The van der Waals surface area contributed by atoms with E-state index in [1.165, 1.54) is 0 Å². The Morgan fingerprint density at radius 3 is 2.93 bits per heavy atom. The summed E-state index contributed by atoms with van der Waals surface area (Å²) in [5.41, 5.74) is 1.02. The van der Waals surface area contributed by atoms with E-state index >= 15 is 0 Å². The van der Waals surface area contributed by atoms with E-state index in [-0.39, 0.29) is 6.29 Å². The molecule has 2 rings (SSSR count). The normalized spacial score (nSPS) is 19.6. The van der Waals surface area contributed by atoms with Gasteiger partial charge in [0.15, 0.2) is 6.29 Å². The van der Waals surface area contributed by atoms with Gasteiger partial charge in [-0.3, -0.25) is 0 Å². The molecule has 1 aliphatic rings. The van der Waals surface area contributed by atoms with Crippen molar-refractivity contribution in [3.05, 3.63) is 35.9 Å². The van der Waals surface area contributed by atoms with Gasteiger partial charge >= 0.3 is 0 Å². The largest absolute Gasteiger partial charge is 0.353 e. The molecule has 0 bridgehead atoms. The van der Waals surface area contributed by atoms with E-state index in [0.717, 1.165) is 25.0 Å². The Morgan fingerprint density at radius 2 is 2.20 bits per heavy atom. The van der Waals surface area contributed by atoms with Crippen molar-refractivity contribution >= 4 is 0 Å². The molecule has 78 valence electrons. The van der Waals surface area contributed by atoms with Crippen LogP contribution < -0.4 is 0 Å². The molecule has 1 atom stereocenters. The van der Waals surface area contributed by atoms with Crippen molar-refractivity contribution in [1.29, 1.82) is 0 Å². The number of rotatable bonds is 2. The monoisotopic (exact) mass is 202 g/mol. The van der Waals surface area contributed by atoms with E-state index < -0.39 is 0 Å². The molecule has 0 radical (unpaired) electrons. The number of benzene rings is 1. The molecule has 1 fully saturated rings. The minimum Gasteiger partial charge on any atom is -0.353 e. The molecule has 2 heteroatoms. The van der Waals surface area contributed by atoms with E-state index in [2.05, 4.69) is 11.8 Å². The molecule has 0 amide bonds. The molecule has 1 aromatic rings. The van der Waals surface area contributed by atoms with Crippen molar-refractivity contribution in [1.82, 2.24) is 0 Å². The third kappa shape index (κ3) is 3.39. The standard InChI is InChI=1S/C13H14O2/c1-2-6-12(7-3-1)8-4-10-14-13-9-5-11-15-13/h1-3,6-7,13H,5,9-11H2. The Kier molecular flexibility index (Phi) is 3.78. The minimum absolute atomic E-state index is 0.0323. The fourth-order valence-corrected chi connectivity index (χ4v) is 1.47. The van der Waals surface area contributed by atoms with Crippen molar-refractivity contribution < 1.29 is 9.47 Å². The van der Waals surface area contributed by atoms with Crippen molar-refractivity contribution in [2.45, 2.75) is 19.1 Å². The van der Waals surface area contributed by atoms with Crippen LogP contribution in [0.5, 0.6) is 0 Å². The smallest absolute Gasteiger partial charge is 0.158 e. The summed E-state index contributed by atoms with van der Waals surface area (Å²) in [7, 11) is 0. The summed E-state index contributed by atoms with van der Waals surface area (Å²) in [6.45, 7) is 1.26. The lowest BCUT2D eigenvalue weighted by molar-refractivity contribution is -0.0996. The number of hydrogen-bond donors (Lipinski definition) is 0. The van der Waals surface area contributed by atoms with Crippen LogP contribution in [0.4, 0.5) is 0 Å². The zero-order valence-electron chi connectivity index (χ0n) is 8.61. The van der Waals surface area contributed by atoms with E-state index in [1.807, 2.05) is 30.3 Å². The lowest BCUT2D eigenvalue weighted by Gasteiger charge is -2.06. The Labute approximate surface area is 90.2 Å². The summed E-state index contributed by atoms with van der Waals surface area (Å²) in [6, 6.07) is 9.90. The maximum Gasteiger partial charge on any atom is 0.158 e. The first-order chi connectivity index (χ1) is 7.45. The van der Waals surface area contributed by atoms with Crippen molar-refractivity contribution in [2.24, 2.45) is 0 Å². The lowest BCUT2D eigenvalue weighted by atomic mass is 10.2. The Balaban J connectivity index is 1.75. The van der Waals surface area contributed by atoms with Gasteiger partial charge in [-0.15, -0.1) is 0 Å². The third-order valence-electron chi connectivity index (χ3n) is 2.24. The summed E-state index contributed by atoms with van der Waals surface area (Å²) in [5.74, 6) is 6.01. The summed E-state index contributed by atoms with van der Waals surface area (Å²) >= 11 is 0. The van der Waals surface area contributed by atoms with Crippen LogP contribution in [0.1, 0.15) is 18.4 Å². The quantitative estimate of drug-likeness (QED) is 0.684. The van der Waals surface area contributed by atoms with Gasteiger partial charge in [-0.2, -0.15) is 0 Å². The predicted octanol–water partition coefficient (Wildman–Crippen LogP) is 2.19. The summed E-state index contributed by atoms with van der Waals surface area (Å²) in [4.78, 5) is 0. The van der Waals surface area contributed by atoms with Gasteiger partial charge < -0.3 is 9.47 Å². The van der Waals surface area contributed by atoms with Crippen LogP contribution in [-0.2, 0) is 9.47 Å². The van der Waals surface area contributed by atoms with Crippen LogP contribution in [0.3, 0.4) is 0 Å². The first-order valence-electron chi connectivity index (χ1n) is 5.22. The van der Waals surface area contributed by atoms with Crippen LogP contribution in [0.2, 0.25) is 0 Å². The van der Waals surface area contributed by atoms with Gasteiger partial charge in [-0.1, -0.05) is 30.0 Å². The molecular weight excluding hydrogens is 188 g/mol. The van der Waals surface area contributed by atoms with Gasteiger partial charge in [0.05, 0.1) is 0 Å². The van der Waals surface area contributed by atoms with Crippen molar-refractivity contribution in [2.75, 3.05) is 13.2 Å². The maximum absolute atomic E-state index is 5.43. The molecule has 1 aromatic carbocycles. The summed E-state index contributed by atoms with van der Waals surface area (Å²) in [5, 5.41) is 0. The van der Waals surface area contributed by atoms with E-state index in [4.69, 9.17) is 9.47 Å². The van der Waals surface area contributed by atoms with Crippen LogP contribution in [0.15, 0.2) is 30.3 Å². The molecule has 1 saturated heterocycles. The SMILES string of the molecule is C(#Cc1ccccc1)COC1CCCO1. The first kappa shape index (κ1) is 10.2. The Morgan fingerprint density at radius 1 is 1.33 bits per heavy atom. The van der Waals surface area contributed by atoms with Crippen LogP contribution in [0, 0.1) is 11.8 Å². The topological polar surface area (TPSA) is 18.5 Å². The second-order valence-corrected chi connectivity index (χ2v) is 3.42. The average molecular weight is 202 g/mol. The van der Waals surface area contributed by atoms with Crippen molar-refractivity contribution in [3.8, 4) is 11.8 Å². The molecule has 0 aromatic heterocycles. The molecule has 1 heterocycles. The lowest BCUT2D eigenvalue weighted by Crippen LogP contribution is -2.10. The van der Waals surface area contributed by atoms with E-state index in [9.17, 15) is 0 Å². The molecule has 1 aliphatic heterocycles. The van der Waals surface area contributed by atoms with E-state index in [0.29, 0.717) is 6.61 Å². The van der Waals surface area contributed by atoms with Gasteiger partial charge in [-0.25, -0.2) is 0 Å². The van der Waals surface area contributed by atoms with Crippen molar-refractivity contribution in [3.63, 3.8) is 0 Å². The predicted molar refractivity (Wildman–Crippen MR) is 58.2 cm³/mol. The molecule has 0 spiro atoms. The summed E-state index contributed by atoms with van der Waals surface area (Å²) < 4.78 is 10.7. The second kappa shape index (κ2) is 5.55. The Bertz CT molecular complexity index is 342. The highest BCUT2D eigenvalue weighted by atomic mass is 16.7. The number of ether oxygens (including phenoxy) is 2. The minimum atomic E-state index is -0.0323. The molecule has 0 aliphatic carbocycles. The highest BCUT2D eigenvalue weighted by molar-refractivity contribution is 5.33. The summed E-state index contributed by atoms with van der Waals surface area (Å²) in [6.07, 6.45) is 2.05. The molecule has 2 nitrogen and oxygen atoms in total. The zero-order valence-corrected chi connectivity index (χ0v) is 8.61. The number of hydrogen-bond acceptors (Lipinski definition) is 2. The fourth-order valence-electron chi connectivity index (χ4n) is 1.47. The van der Waals surface area contributed by atoms with Crippen LogP contribution in [0.25, 0.3) is 0 Å². The van der Waals surface area contributed by atoms with Gasteiger partial charge in [0, 0.05) is 18.6 Å². The third-order valence-corrected chi connectivity index (χ3v) is 2.24. The van der Waals surface area contributed by atoms with Gasteiger partial charge in [0.1, 0.15) is 6.61 Å². The van der Waals surface area contributed by atoms with Gasteiger partial charge in [-0.05, 0) is 18.6 Å². The fraction of sp³-hybridized carbons (Fsp3) is 0.385. The second-order valence-electron chi connectivity index (χ2n) is 3.42. The highest BCUT2D eigenvalue weighted by Crippen LogP contribution is 2.12. The van der Waals surface area contributed by atoms with Gasteiger partial charge in [0.2, 0.25) is 0 Å². The molecule has 15 heavy (non-hydrogen) atoms. The van der Waals surface area contributed by atoms with Crippen LogP contribution in [-0.4, -0.2) is 19.5 Å². The molecule has 0 N–H and O–H groups in total. The Hall–Kier alpha value is -1.30. The van der Waals surface area contributed by atoms with Crippen LogP contribution >= 0.6 is 0 Å². The first-order valence-corrected chi connectivity index (χ1v) is 5.22. The van der Waals surface area contributed by atoms with E-state index in [1.54, 1.807) is 0 Å². The highest BCUT2D eigenvalue weighted by Gasteiger charge is 2.14. The molecule has 0 saturated carbocycles. The molecular formula is C13H14O2.